The minimum atomic E-state index is -0.0935. The zero-order chi connectivity index (χ0) is 25.3. The van der Waals surface area contributed by atoms with Crippen molar-refractivity contribution in [1.82, 2.24) is 0 Å². The second kappa shape index (κ2) is 17.7. The van der Waals surface area contributed by atoms with Crippen LogP contribution in [0, 0.1) is 0 Å². The summed E-state index contributed by atoms with van der Waals surface area (Å²) in [6.07, 6.45) is 30.3. The summed E-state index contributed by atoms with van der Waals surface area (Å²) in [5.74, 6) is 1.15. The van der Waals surface area contributed by atoms with E-state index in [1.165, 1.54) is 157 Å². The number of ether oxygens (including phenoxy) is 1. The van der Waals surface area contributed by atoms with Gasteiger partial charge >= 0.3 is 0 Å². The van der Waals surface area contributed by atoms with Crippen molar-refractivity contribution in [1.29, 1.82) is 0 Å². The van der Waals surface area contributed by atoms with Crippen LogP contribution in [0.4, 0.5) is 0 Å². The highest BCUT2D eigenvalue weighted by Gasteiger charge is 2.41. The molecule has 0 bridgehead atoms. The first-order valence-corrected chi connectivity index (χ1v) is 17.4. The standard InChI is InChI=1S/C33H54OS2/c1-3-5-7-9-11-13-15-17-19-21-25-33(26-22-20-18-16-14-12-10-8-6-4-2)29-23-27-35-31(29)32-30(34-33)24-28-36-32/h23-24,27-28H,3-22,25-26H2,1-2H3. The molecule has 0 radical (unpaired) electrons. The fraction of sp³-hybridized carbons (Fsp3) is 0.758. The summed E-state index contributed by atoms with van der Waals surface area (Å²) in [6, 6.07) is 4.60. The Morgan fingerprint density at radius 2 is 0.944 bits per heavy atom. The van der Waals surface area contributed by atoms with E-state index in [-0.39, 0.29) is 5.60 Å². The first kappa shape index (κ1) is 29.8. The zero-order valence-electron chi connectivity index (χ0n) is 23.6. The molecular formula is C33H54OS2. The molecule has 3 heterocycles. The molecule has 0 N–H and O–H groups in total. The van der Waals surface area contributed by atoms with E-state index in [0.29, 0.717) is 0 Å². The highest BCUT2D eigenvalue weighted by molar-refractivity contribution is 7.20. The number of unbranched alkanes of at least 4 members (excludes halogenated alkanes) is 18. The topological polar surface area (TPSA) is 9.23 Å². The number of fused-ring (bicyclic) bond motifs is 3. The minimum Gasteiger partial charge on any atom is -0.481 e. The summed E-state index contributed by atoms with van der Waals surface area (Å²) in [4.78, 5) is 2.85. The number of hydrogen-bond acceptors (Lipinski definition) is 3. The van der Waals surface area contributed by atoms with Crippen molar-refractivity contribution in [3.8, 4) is 15.5 Å². The highest BCUT2D eigenvalue weighted by Crippen LogP contribution is 2.53. The third kappa shape index (κ3) is 9.50. The van der Waals surface area contributed by atoms with Crippen LogP contribution in [-0.4, -0.2) is 0 Å². The van der Waals surface area contributed by atoms with E-state index in [2.05, 4.69) is 36.7 Å². The van der Waals surface area contributed by atoms with E-state index < -0.39 is 0 Å². The van der Waals surface area contributed by atoms with Crippen LogP contribution in [0.5, 0.6) is 5.75 Å². The first-order valence-electron chi connectivity index (χ1n) is 15.7. The second-order valence-electron chi connectivity index (χ2n) is 11.2. The molecule has 0 aliphatic carbocycles. The molecule has 0 atom stereocenters. The molecule has 0 saturated heterocycles. The molecule has 0 amide bonds. The van der Waals surface area contributed by atoms with Crippen LogP contribution in [0.3, 0.4) is 0 Å². The number of rotatable bonds is 22. The molecule has 2 aromatic heterocycles. The summed E-state index contributed by atoms with van der Waals surface area (Å²) >= 11 is 3.77. The van der Waals surface area contributed by atoms with E-state index >= 15 is 0 Å². The fourth-order valence-electron chi connectivity index (χ4n) is 5.95. The summed E-state index contributed by atoms with van der Waals surface area (Å²) in [5, 5.41) is 4.51. The summed E-state index contributed by atoms with van der Waals surface area (Å²) in [7, 11) is 0. The Hall–Kier alpha value is -0.800. The van der Waals surface area contributed by atoms with Gasteiger partial charge in [0, 0.05) is 5.56 Å². The maximum Gasteiger partial charge on any atom is 0.140 e. The largest absolute Gasteiger partial charge is 0.481 e. The molecule has 2 aromatic rings. The van der Waals surface area contributed by atoms with E-state index in [4.69, 9.17) is 4.74 Å². The van der Waals surface area contributed by atoms with Gasteiger partial charge in [0.2, 0.25) is 0 Å². The Morgan fingerprint density at radius 1 is 0.528 bits per heavy atom. The Labute approximate surface area is 231 Å². The van der Waals surface area contributed by atoms with Crippen molar-refractivity contribution in [2.24, 2.45) is 0 Å². The Balaban J connectivity index is 1.43. The van der Waals surface area contributed by atoms with E-state index in [9.17, 15) is 0 Å². The van der Waals surface area contributed by atoms with Gasteiger partial charge in [0.05, 0.1) is 9.75 Å². The van der Waals surface area contributed by atoms with Gasteiger partial charge in [-0.25, -0.2) is 0 Å². The predicted octanol–water partition coefficient (Wildman–Crippen LogP) is 12.7. The smallest absolute Gasteiger partial charge is 0.140 e. The summed E-state index contributed by atoms with van der Waals surface area (Å²) in [6.45, 7) is 4.61. The van der Waals surface area contributed by atoms with Gasteiger partial charge < -0.3 is 4.74 Å². The normalized spacial score (nSPS) is 13.9. The van der Waals surface area contributed by atoms with Gasteiger partial charge in [-0.05, 0) is 48.6 Å². The van der Waals surface area contributed by atoms with Gasteiger partial charge in [-0.1, -0.05) is 129 Å². The molecule has 0 aromatic carbocycles. The Kier molecular flexibility index (Phi) is 14.6. The van der Waals surface area contributed by atoms with Gasteiger partial charge in [-0.2, -0.15) is 0 Å². The van der Waals surface area contributed by atoms with Gasteiger partial charge in [0.1, 0.15) is 11.4 Å². The number of hydrogen-bond donors (Lipinski definition) is 0. The SMILES string of the molecule is CCCCCCCCCCCCC1(CCCCCCCCCCCC)Oc2ccsc2-c2sccc21. The monoisotopic (exact) mass is 530 g/mol. The van der Waals surface area contributed by atoms with Gasteiger partial charge in [-0.3, -0.25) is 0 Å². The van der Waals surface area contributed by atoms with E-state index in [1.54, 1.807) is 0 Å². The molecule has 204 valence electrons. The zero-order valence-corrected chi connectivity index (χ0v) is 25.2. The summed E-state index contributed by atoms with van der Waals surface area (Å²) in [5.41, 5.74) is 1.40. The van der Waals surface area contributed by atoms with Crippen LogP contribution in [0.15, 0.2) is 22.9 Å². The molecule has 3 heteroatoms. The van der Waals surface area contributed by atoms with Crippen LogP contribution >= 0.6 is 22.7 Å². The lowest BCUT2D eigenvalue weighted by atomic mass is 9.81. The number of thiophene rings is 2. The average Bonchev–Trinajstić information content (AvgIpc) is 3.56. The molecule has 36 heavy (non-hydrogen) atoms. The third-order valence-corrected chi connectivity index (χ3v) is 10.1. The maximum atomic E-state index is 6.93. The van der Waals surface area contributed by atoms with Gasteiger partial charge in [0.25, 0.3) is 0 Å². The van der Waals surface area contributed by atoms with E-state index in [1.807, 2.05) is 22.7 Å². The fourth-order valence-corrected chi connectivity index (χ4v) is 7.93. The molecule has 0 unspecified atom stereocenters. The van der Waals surface area contributed by atoms with Crippen molar-refractivity contribution >= 4 is 22.7 Å². The van der Waals surface area contributed by atoms with Gasteiger partial charge in [-0.15, -0.1) is 22.7 Å². The van der Waals surface area contributed by atoms with Gasteiger partial charge in [0.15, 0.2) is 0 Å². The predicted molar refractivity (Wildman–Crippen MR) is 163 cm³/mol. The first-order chi connectivity index (χ1) is 17.8. The molecule has 1 aliphatic heterocycles. The lowest BCUT2D eigenvalue weighted by Crippen LogP contribution is -2.35. The Bertz CT molecular complexity index is 780. The van der Waals surface area contributed by atoms with E-state index in [0.717, 1.165) is 5.75 Å². The van der Waals surface area contributed by atoms with Crippen molar-refractivity contribution < 1.29 is 4.74 Å². The molecular weight excluding hydrogens is 476 g/mol. The lowest BCUT2D eigenvalue weighted by molar-refractivity contribution is 0.0397. The minimum absolute atomic E-state index is 0.0935. The molecule has 0 spiro atoms. The van der Waals surface area contributed by atoms with Crippen LogP contribution in [-0.2, 0) is 5.60 Å². The average molecular weight is 531 g/mol. The molecule has 0 fully saturated rings. The van der Waals surface area contributed by atoms with Crippen LogP contribution < -0.4 is 4.74 Å². The molecule has 1 aliphatic rings. The maximum absolute atomic E-state index is 6.93. The van der Waals surface area contributed by atoms with Crippen molar-refractivity contribution in [2.45, 2.75) is 161 Å². The summed E-state index contributed by atoms with van der Waals surface area (Å²) < 4.78 is 6.93. The van der Waals surface area contributed by atoms with Crippen molar-refractivity contribution in [3.63, 3.8) is 0 Å². The Morgan fingerprint density at radius 3 is 1.44 bits per heavy atom. The lowest BCUT2D eigenvalue weighted by Gasteiger charge is -2.38. The highest BCUT2D eigenvalue weighted by atomic mass is 32.1. The molecule has 0 saturated carbocycles. The van der Waals surface area contributed by atoms with Crippen LogP contribution in [0.25, 0.3) is 9.75 Å². The molecule has 1 nitrogen and oxygen atoms in total. The van der Waals surface area contributed by atoms with Crippen LogP contribution in [0.1, 0.15) is 161 Å². The van der Waals surface area contributed by atoms with Crippen molar-refractivity contribution in [3.05, 3.63) is 28.5 Å². The third-order valence-electron chi connectivity index (χ3n) is 8.17. The molecule has 3 rings (SSSR count). The van der Waals surface area contributed by atoms with Crippen molar-refractivity contribution in [2.75, 3.05) is 0 Å². The quantitative estimate of drug-likeness (QED) is 0.138. The second-order valence-corrected chi connectivity index (χ2v) is 13.1. The van der Waals surface area contributed by atoms with Crippen LogP contribution in [0.2, 0.25) is 0 Å².